The molecule has 1 aromatic heterocycles. The van der Waals surface area contributed by atoms with Crippen LogP contribution in [0.5, 0.6) is 0 Å². The van der Waals surface area contributed by atoms with E-state index in [0.717, 1.165) is 37.8 Å². The van der Waals surface area contributed by atoms with E-state index in [0.29, 0.717) is 29.8 Å². The standard InChI is InChI=1S/C20H27ClN4O2/c1-3-20(4-2,13-22)19(26)25-11-5-6-15(12-25)18-23-17(24-27-18)14-7-9-16(21)10-8-14/h7-10,15H,3-6,11-13,22H2,1-2H3. The summed E-state index contributed by atoms with van der Waals surface area (Å²) < 4.78 is 5.52. The van der Waals surface area contributed by atoms with Crippen molar-refractivity contribution < 1.29 is 9.32 Å². The fourth-order valence-electron chi connectivity index (χ4n) is 3.74. The van der Waals surface area contributed by atoms with Crippen LogP contribution in [0.2, 0.25) is 5.02 Å². The lowest BCUT2D eigenvalue weighted by atomic mass is 9.80. The van der Waals surface area contributed by atoms with Gasteiger partial charge < -0.3 is 15.2 Å². The van der Waals surface area contributed by atoms with Crippen LogP contribution in [0.4, 0.5) is 0 Å². The molecule has 2 N–H and O–H groups in total. The SMILES string of the molecule is CCC(CC)(CN)C(=O)N1CCCC(c2nc(-c3ccc(Cl)cc3)no2)C1. The molecule has 0 saturated carbocycles. The molecule has 6 nitrogen and oxygen atoms in total. The van der Waals surface area contributed by atoms with Crippen LogP contribution in [0.25, 0.3) is 11.4 Å². The lowest BCUT2D eigenvalue weighted by Gasteiger charge is -2.38. The largest absolute Gasteiger partial charge is 0.341 e. The number of hydrogen-bond acceptors (Lipinski definition) is 5. The first-order valence-electron chi connectivity index (χ1n) is 9.62. The Morgan fingerprint density at radius 1 is 1.33 bits per heavy atom. The Balaban J connectivity index is 1.75. The predicted octanol–water partition coefficient (Wildman–Crippen LogP) is 3.86. The number of carbonyl (C=O) groups is 1. The minimum Gasteiger partial charge on any atom is -0.341 e. The van der Waals surface area contributed by atoms with Gasteiger partial charge in [-0.1, -0.05) is 30.6 Å². The van der Waals surface area contributed by atoms with Gasteiger partial charge in [0.25, 0.3) is 0 Å². The molecule has 0 bridgehead atoms. The van der Waals surface area contributed by atoms with Gasteiger partial charge in [-0.3, -0.25) is 4.79 Å². The smallest absolute Gasteiger partial charge is 0.231 e. The first-order valence-corrected chi connectivity index (χ1v) is 9.99. The summed E-state index contributed by atoms with van der Waals surface area (Å²) in [6.07, 6.45) is 3.35. The third-order valence-corrected chi connectivity index (χ3v) is 6.05. The predicted molar refractivity (Wildman–Crippen MR) is 105 cm³/mol. The van der Waals surface area contributed by atoms with Crippen molar-refractivity contribution in [2.24, 2.45) is 11.1 Å². The van der Waals surface area contributed by atoms with E-state index in [9.17, 15) is 4.79 Å². The van der Waals surface area contributed by atoms with Crippen molar-refractivity contribution in [2.75, 3.05) is 19.6 Å². The highest BCUT2D eigenvalue weighted by Crippen LogP contribution is 2.33. The maximum Gasteiger partial charge on any atom is 0.231 e. The zero-order chi connectivity index (χ0) is 19.4. The Kier molecular flexibility index (Phi) is 6.17. The molecule has 1 saturated heterocycles. The summed E-state index contributed by atoms with van der Waals surface area (Å²) in [4.78, 5) is 19.6. The number of nitrogens with two attached hydrogens (primary N) is 1. The molecule has 7 heteroatoms. The molecule has 1 aromatic carbocycles. The molecule has 0 spiro atoms. The van der Waals surface area contributed by atoms with Crippen LogP contribution in [0, 0.1) is 5.41 Å². The van der Waals surface area contributed by atoms with Crippen molar-refractivity contribution in [3.05, 3.63) is 35.2 Å². The van der Waals surface area contributed by atoms with Crippen molar-refractivity contribution in [1.82, 2.24) is 15.0 Å². The first kappa shape index (κ1) is 19.8. The number of piperidine rings is 1. The Hall–Kier alpha value is -1.92. The molecule has 1 atom stereocenters. The van der Waals surface area contributed by atoms with Crippen molar-refractivity contribution in [2.45, 2.75) is 45.4 Å². The van der Waals surface area contributed by atoms with Gasteiger partial charge in [0.05, 0.1) is 11.3 Å². The van der Waals surface area contributed by atoms with Crippen LogP contribution in [0.15, 0.2) is 28.8 Å². The monoisotopic (exact) mass is 390 g/mol. The van der Waals surface area contributed by atoms with Gasteiger partial charge in [0.15, 0.2) is 0 Å². The first-order chi connectivity index (χ1) is 13.0. The van der Waals surface area contributed by atoms with Gasteiger partial charge in [-0.25, -0.2) is 0 Å². The number of carbonyl (C=O) groups excluding carboxylic acids is 1. The topological polar surface area (TPSA) is 85.3 Å². The quantitative estimate of drug-likeness (QED) is 0.809. The number of hydrogen-bond donors (Lipinski definition) is 1. The summed E-state index contributed by atoms with van der Waals surface area (Å²) in [6, 6.07) is 7.34. The van der Waals surface area contributed by atoms with Crippen LogP contribution in [-0.2, 0) is 4.79 Å². The Morgan fingerprint density at radius 3 is 2.67 bits per heavy atom. The third kappa shape index (κ3) is 4.01. The molecule has 146 valence electrons. The van der Waals surface area contributed by atoms with Crippen LogP contribution < -0.4 is 5.73 Å². The molecule has 1 aliphatic heterocycles. The molecule has 1 unspecified atom stereocenters. The molecule has 1 fully saturated rings. The van der Waals surface area contributed by atoms with E-state index in [1.807, 2.05) is 30.9 Å². The van der Waals surface area contributed by atoms with Gasteiger partial charge in [-0.15, -0.1) is 0 Å². The Labute approximate surface area is 165 Å². The molecule has 1 aliphatic rings. The highest BCUT2D eigenvalue weighted by Gasteiger charge is 2.39. The maximum absolute atomic E-state index is 13.1. The number of aromatic nitrogens is 2. The number of amides is 1. The second kappa shape index (κ2) is 8.40. The van der Waals surface area contributed by atoms with Gasteiger partial charge in [0.2, 0.25) is 17.6 Å². The van der Waals surface area contributed by atoms with E-state index in [1.165, 1.54) is 0 Å². The third-order valence-electron chi connectivity index (χ3n) is 5.80. The molecule has 0 radical (unpaired) electrons. The normalized spacial score (nSPS) is 17.9. The van der Waals surface area contributed by atoms with E-state index < -0.39 is 5.41 Å². The summed E-state index contributed by atoms with van der Waals surface area (Å²) in [5, 5.41) is 4.77. The zero-order valence-electron chi connectivity index (χ0n) is 15.9. The van der Waals surface area contributed by atoms with E-state index in [-0.39, 0.29) is 11.8 Å². The van der Waals surface area contributed by atoms with Crippen LogP contribution in [0.1, 0.15) is 51.3 Å². The van der Waals surface area contributed by atoms with Crippen LogP contribution >= 0.6 is 11.6 Å². The lowest BCUT2D eigenvalue weighted by molar-refractivity contribution is -0.143. The van der Waals surface area contributed by atoms with Gasteiger partial charge in [0, 0.05) is 30.2 Å². The second-order valence-corrected chi connectivity index (χ2v) is 7.68. The summed E-state index contributed by atoms with van der Waals surface area (Å²) in [7, 11) is 0. The van der Waals surface area contributed by atoms with E-state index in [1.54, 1.807) is 12.1 Å². The van der Waals surface area contributed by atoms with Gasteiger partial charge in [0.1, 0.15) is 0 Å². The Morgan fingerprint density at radius 2 is 2.04 bits per heavy atom. The lowest BCUT2D eigenvalue weighted by Crippen LogP contribution is -2.50. The van der Waals surface area contributed by atoms with Crippen molar-refractivity contribution in [3.8, 4) is 11.4 Å². The van der Waals surface area contributed by atoms with Gasteiger partial charge >= 0.3 is 0 Å². The molecular weight excluding hydrogens is 364 g/mol. The summed E-state index contributed by atoms with van der Waals surface area (Å²) >= 11 is 5.93. The summed E-state index contributed by atoms with van der Waals surface area (Å²) in [5.41, 5.74) is 6.35. The van der Waals surface area contributed by atoms with E-state index in [4.69, 9.17) is 21.9 Å². The maximum atomic E-state index is 13.1. The van der Waals surface area contributed by atoms with Crippen LogP contribution in [0.3, 0.4) is 0 Å². The average molecular weight is 391 g/mol. The highest BCUT2D eigenvalue weighted by molar-refractivity contribution is 6.30. The second-order valence-electron chi connectivity index (χ2n) is 7.24. The molecule has 27 heavy (non-hydrogen) atoms. The average Bonchev–Trinajstić information content (AvgIpc) is 3.20. The fraction of sp³-hybridized carbons (Fsp3) is 0.550. The highest BCUT2D eigenvalue weighted by atomic mass is 35.5. The van der Waals surface area contributed by atoms with E-state index in [2.05, 4.69) is 10.1 Å². The number of benzene rings is 1. The molecule has 1 amide bonds. The number of halogens is 1. The molecule has 2 heterocycles. The minimum atomic E-state index is -0.467. The van der Waals surface area contributed by atoms with Gasteiger partial charge in [-0.2, -0.15) is 4.98 Å². The molecule has 0 aliphatic carbocycles. The van der Waals surface area contributed by atoms with Crippen molar-refractivity contribution in [1.29, 1.82) is 0 Å². The number of nitrogens with zero attached hydrogens (tertiary/aromatic N) is 3. The summed E-state index contributed by atoms with van der Waals surface area (Å²) in [6.45, 7) is 5.80. The number of likely N-dealkylation sites (tertiary alicyclic amines) is 1. The fourth-order valence-corrected chi connectivity index (χ4v) is 3.87. The minimum absolute atomic E-state index is 0.0560. The van der Waals surface area contributed by atoms with Gasteiger partial charge in [-0.05, 0) is 49.9 Å². The van der Waals surface area contributed by atoms with Crippen LogP contribution in [-0.4, -0.2) is 40.6 Å². The Bertz CT molecular complexity index is 762. The zero-order valence-corrected chi connectivity index (χ0v) is 16.7. The van der Waals surface area contributed by atoms with E-state index >= 15 is 0 Å². The van der Waals surface area contributed by atoms with Crippen molar-refractivity contribution >= 4 is 17.5 Å². The molecular formula is C20H27ClN4O2. The molecule has 3 rings (SSSR count). The summed E-state index contributed by atoms with van der Waals surface area (Å²) in [5.74, 6) is 1.34. The van der Waals surface area contributed by atoms with Crippen molar-refractivity contribution in [3.63, 3.8) is 0 Å². The number of rotatable bonds is 6. The molecule has 2 aromatic rings.